The Kier molecular flexibility index (Phi) is 8.11. The standard InChI is InChI=1S/C16H31NO2/c1-3-4-5-6-8-14(2)17-12-7-9-15(13-17)10-11-16(18)19/h14-15H,3-13H2,1-2H3,(H,18,19). The number of hydrogen-bond acceptors (Lipinski definition) is 2. The van der Waals surface area contributed by atoms with Gasteiger partial charge in [0.15, 0.2) is 0 Å². The van der Waals surface area contributed by atoms with Crippen LogP contribution in [0.5, 0.6) is 0 Å². The highest BCUT2D eigenvalue weighted by Gasteiger charge is 2.23. The van der Waals surface area contributed by atoms with Gasteiger partial charge in [-0.3, -0.25) is 4.79 Å². The molecule has 1 rings (SSSR count). The average molecular weight is 269 g/mol. The van der Waals surface area contributed by atoms with E-state index in [1.165, 1.54) is 51.5 Å². The van der Waals surface area contributed by atoms with Crippen molar-refractivity contribution in [1.82, 2.24) is 4.90 Å². The molecule has 0 bridgehead atoms. The highest BCUT2D eigenvalue weighted by atomic mass is 16.4. The van der Waals surface area contributed by atoms with Crippen LogP contribution in [0, 0.1) is 5.92 Å². The molecule has 0 aromatic heterocycles. The van der Waals surface area contributed by atoms with Gasteiger partial charge in [-0.2, -0.15) is 0 Å². The van der Waals surface area contributed by atoms with Crippen LogP contribution in [-0.2, 0) is 4.79 Å². The zero-order valence-corrected chi connectivity index (χ0v) is 12.7. The minimum atomic E-state index is -0.648. The highest BCUT2D eigenvalue weighted by molar-refractivity contribution is 5.66. The first-order valence-electron chi connectivity index (χ1n) is 8.09. The van der Waals surface area contributed by atoms with E-state index < -0.39 is 5.97 Å². The number of aliphatic carboxylic acids is 1. The molecule has 2 unspecified atom stereocenters. The van der Waals surface area contributed by atoms with Crippen molar-refractivity contribution >= 4 is 5.97 Å². The van der Waals surface area contributed by atoms with Crippen LogP contribution in [0.2, 0.25) is 0 Å². The number of carboxylic acid groups (broad SMARTS) is 1. The Labute approximate surface area is 118 Å². The van der Waals surface area contributed by atoms with E-state index in [2.05, 4.69) is 18.7 Å². The fourth-order valence-electron chi connectivity index (χ4n) is 3.11. The maximum Gasteiger partial charge on any atom is 0.303 e. The molecule has 1 saturated heterocycles. The van der Waals surface area contributed by atoms with E-state index in [4.69, 9.17) is 5.11 Å². The number of piperidine rings is 1. The van der Waals surface area contributed by atoms with E-state index in [-0.39, 0.29) is 0 Å². The first-order valence-corrected chi connectivity index (χ1v) is 8.09. The van der Waals surface area contributed by atoms with Crippen molar-refractivity contribution in [1.29, 1.82) is 0 Å². The third kappa shape index (κ3) is 6.95. The quantitative estimate of drug-likeness (QED) is 0.645. The van der Waals surface area contributed by atoms with E-state index >= 15 is 0 Å². The lowest BCUT2D eigenvalue weighted by atomic mass is 9.92. The van der Waals surface area contributed by atoms with Gasteiger partial charge >= 0.3 is 5.97 Å². The number of rotatable bonds is 9. The Bertz CT molecular complexity index is 255. The monoisotopic (exact) mass is 269 g/mol. The summed E-state index contributed by atoms with van der Waals surface area (Å²) in [4.78, 5) is 13.2. The molecule has 0 aromatic rings. The number of hydrogen-bond donors (Lipinski definition) is 1. The van der Waals surface area contributed by atoms with E-state index in [0.717, 1.165) is 13.0 Å². The second-order valence-electron chi connectivity index (χ2n) is 6.13. The van der Waals surface area contributed by atoms with Crippen molar-refractivity contribution in [3.63, 3.8) is 0 Å². The second kappa shape index (κ2) is 9.35. The predicted octanol–water partition coefficient (Wildman–Crippen LogP) is 3.92. The summed E-state index contributed by atoms with van der Waals surface area (Å²) in [6.45, 7) is 6.91. The van der Waals surface area contributed by atoms with Crippen LogP contribution in [0.25, 0.3) is 0 Å². The normalized spacial score (nSPS) is 22.3. The third-order valence-electron chi connectivity index (χ3n) is 4.42. The Hall–Kier alpha value is -0.570. The van der Waals surface area contributed by atoms with Crippen molar-refractivity contribution in [3.8, 4) is 0 Å². The summed E-state index contributed by atoms with van der Waals surface area (Å²) < 4.78 is 0. The molecule has 3 nitrogen and oxygen atoms in total. The van der Waals surface area contributed by atoms with Crippen LogP contribution in [0.3, 0.4) is 0 Å². The second-order valence-corrected chi connectivity index (χ2v) is 6.13. The maximum atomic E-state index is 10.6. The molecule has 3 heteroatoms. The van der Waals surface area contributed by atoms with Crippen LogP contribution in [0.4, 0.5) is 0 Å². The van der Waals surface area contributed by atoms with Gasteiger partial charge in [0.1, 0.15) is 0 Å². The number of carbonyl (C=O) groups is 1. The van der Waals surface area contributed by atoms with Crippen molar-refractivity contribution in [2.24, 2.45) is 5.92 Å². The number of nitrogens with zero attached hydrogens (tertiary/aromatic N) is 1. The molecule has 1 heterocycles. The highest BCUT2D eigenvalue weighted by Crippen LogP contribution is 2.24. The third-order valence-corrected chi connectivity index (χ3v) is 4.42. The van der Waals surface area contributed by atoms with Crippen LogP contribution >= 0.6 is 0 Å². The molecule has 1 fully saturated rings. The first-order chi connectivity index (χ1) is 9.13. The first kappa shape index (κ1) is 16.5. The molecular formula is C16H31NO2. The van der Waals surface area contributed by atoms with Crippen LogP contribution in [-0.4, -0.2) is 35.1 Å². The summed E-state index contributed by atoms with van der Waals surface area (Å²) in [5.41, 5.74) is 0. The van der Waals surface area contributed by atoms with Crippen molar-refractivity contribution < 1.29 is 9.90 Å². The van der Waals surface area contributed by atoms with Gasteiger partial charge in [-0.25, -0.2) is 0 Å². The molecule has 1 aliphatic rings. The Balaban J connectivity index is 2.22. The van der Waals surface area contributed by atoms with Gasteiger partial charge in [0, 0.05) is 19.0 Å². The number of likely N-dealkylation sites (tertiary alicyclic amines) is 1. The minimum Gasteiger partial charge on any atom is -0.481 e. The molecule has 0 amide bonds. The average Bonchev–Trinajstić information content (AvgIpc) is 2.41. The van der Waals surface area contributed by atoms with Gasteiger partial charge in [0.05, 0.1) is 0 Å². The van der Waals surface area contributed by atoms with E-state index in [1.54, 1.807) is 0 Å². The SMILES string of the molecule is CCCCCCC(C)N1CCCC(CCC(=O)O)C1. The summed E-state index contributed by atoms with van der Waals surface area (Å²) in [5, 5.41) is 8.77. The summed E-state index contributed by atoms with van der Waals surface area (Å²) in [6, 6.07) is 0.671. The molecule has 0 aliphatic carbocycles. The van der Waals surface area contributed by atoms with Gasteiger partial charge in [-0.1, -0.05) is 32.6 Å². The molecule has 0 radical (unpaired) electrons. The molecule has 1 aliphatic heterocycles. The van der Waals surface area contributed by atoms with Crippen LogP contribution in [0.15, 0.2) is 0 Å². The van der Waals surface area contributed by atoms with Crippen molar-refractivity contribution in [3.05, 3.63) is 0 Å². The molecule has 0 saturated carbocycles. The molecule has 112 valence electrons. The zero-order valence-electron chi connectivity index (χ0n) is 12.7. The van der Waals surface area contributed by atoms with Crippen LogP contribution < -0.4 is 0 Å². The maximum absolute atomic E-state index is 10.6. The van der Waals surface area contributed by atoms with Crippen molar-refractivity contribution in [2.45, 2.75) is 77.7 Å². The zero-order chi connectivity index (χ0) is 14.1. The summed E-state index contributed by atoms with van der Waals surface area (Å²) in [6.07, 6.45) is 10.3. The smallest absolute Gasteiger partial charge is 0.303 e. The van der Waals surface area contributed by atoms with Crippen molar-refractivity contribution in [2.75, 3.05) is 13.1 Å². The van der Waals surface area contributed by atoms with E-state index in [1.807, 2.05) is 0 Å². The summed E-state index contributed by atoms with van der Waals surface area (Å²) in [7, 11) is 0. The van der Waals surface area contributed by atoms with Gasteiger partial charge in [0.25, 0.3) is 0 Å². The molecule has 0 spiro atoms. The fraction of sp³-hybridized carbons (Fsp3) is 0.938. The van der Waals surface area contributed by atoms with Gasteiger partial charge in [-0.15, -0.1) is 0 Å². The topological polar surface area (TPSA) is 40.5 Å². The predicted molar refractivity (Wildman–Crippen MR) is 79.4 cm³/mol. The van der Waals surface area contributed by atoms with E-state index in [0.29, 0.717) is 18.4 Å². The number of carboxylic acids is 1. The van der Waals surface area contributed by atoms with Gasteiger partial charge in [-0.05, 0) is 45.1 Å². The Morgan fingerprint density at radius 3 is 2.84 bits per heavy atom. The van der Waals surface area contributed by atoms with E-state index in [9.17, 15) is 4.79 Å². The molecule has 2 atom stereocenters. The lowest BCUT2D eigenvalue weighted by Crippen LogP contribution is -2.41. The van der Waals surface area contributed by atoms with Gasteiger partial charge in [0.2, 0.25) is 0 Å². The Morgan fingerprint density at radius 1 is 1.37 bits per heavy atom. The minimum absolute atomic E-state index is 0.337. The fourth-order valence-corrected chi connectivity index (χ4v) is 3.11. The van der Waals surface area contributed by atoms with Crippen LogP contribution in [0.1, 0.15) is 71.6 Å². The lowest BCUT2D eigenvalue weighted by molar-refractivity contribution is -0.137. The molecule has 0 aromatic carbocycles. The van der Waals surface area contributed by atoms with Gasteiger partial charge < -0.3 is 10.0 Å². The molecule has 1 N–H and O–H groups in total. The lowest BCUT2D eigenvalue weighted by Gasteiger charge is -2.37. The largest absolute Gasteiger partial charge is 0.481 e. The molecule has 19 heavy (non-hydrogen) atoms. The summed E-state index contributed by atoms with van der Waals surface area (Å²) in [5.74, 6) is -0.0484. The number of unbranched alkanes of at least 4 members (excludes halogenated alkanes) is 3. The molecular weight excluding hydrogens is 238 g/mol. The Morgan fingerprint density at radius 2 is 2.16 bits per heavy atom. The summed E-state index contributed by atoms with van der Waals surface area (Å²) >= 11 is 0.